The van der Waals surface area contributed by atoms with Crippen LogP contribution in [0.4, 0.5) is 0 Å². The second kappa shape index (κ2) is 5.63. The molecule has 2 fully saturated rings. The molecule has 0 saturated heterocycles. The fourth-order valence-corrected chi connectivity index (χ4v) is 5.80. The van der Waals surface area contributed by atoms with E-state index < -0.39 is 11.2 Å². The van der Waals surface area contributed by atoms with Crippen LogP contribution in [0.3, 0.4) is 0 Å². The summed E-state index contributed by atoms with van der Waals surface area (Å²) in [7, 11) is 0. The maximum absolute atomic E-state index is 11.1. The molecule has 2 heteroatoms. The highest BCUT2D eigenvalue weighted by atomic mass is 16.3. The van der Waals surface area contributed by atoms with Crippen LogP contribution in [-0.4, -0.2) is 21.4 Å². The molecule has 22 heavy (non-hydrogen) atoms. The lowest BCUT2D eigenvalue weighted by Gasteiger charge is -2.61. The Morgan fingerprint density at radius 2 is 1.82 bits per heavy atom. The van der Waals surface area contributed by atoms with E-state index in [1.165, 1.54) is 19.3 Å². The maximum atomic E-state index is 11.1. The maximum Gasteiger partial charge on any atom is 0.0797 e. The predicted octanol–water partition coefficient (Wildman–Crippen LogP) is 4.70. The molecule has 0 aromatic heterocycles. The molecule has 2 aliphatic rings. The van der Waals surface area contributed by atoms with Crippen LogP contribution in [0.2, 0.25) is 0 Å². The van der Waals surface area contributed by atoms with E-state index in [4.69, 9.17) is 0 Å². The molecule has 0 bridgehead atoms. The second-order valence-corrected chi connectivity index (χ2v) is 9.45. The monoisotopic (exact) mass is 308 g/mol. The molecule has 0 aromatic carbocycles. The van der Waals surface area contributed by atoms with Crippen molar-refractivity contribution < 1.29 is 10.2 Å². The normalized spacial score (nSPS) is 44.0. The van der Waals surface area contributed by atoms with Crippen molar-refractivity contribution in [2.45, 2.75) is 90.8 Å². The summed E-state index contributed by atoms with van der Waals surface area (Å²) < 4.78 is 0. The molecule has 2 nitrogen and oxygen atoms in total. The first kappa shape index (κ1) is 18.0. The topological polar surface area (TPSA) is 40.5 Å². The van der Waals surface area contributed by atoms with Crippen LogP contribution in [0.5, 0.6) is 0 Å². The minimum absolute atomic E-state index is 0.181. The molecular weight excluding hydrogens is 272 g/mol. The number of hydrogen-bond acceptors (Lipinski definition) is 2. The van der Waals surface area contributed by atoms with E-state index >= 15 is 0 Å². The van der Waals surface area contributed by atoms with E-state index in [1.54, 1.807) is 6.08 Å². The van der Waals surface area contributed by atoms with Gasteiger partial charge in [-0.2, -0.15) is 0 Å². The van der Waals surface area contributed by atoms with Crippen LogP contribution in [0, 0.1) is 22.7 Å². The van der Waals surface area contributed by atoms with Gasteiger partial charge in [0.2, 0.25) is 0 Å². The van der Waals surface area contributed by atoms with E-state index in [0.717, 1.165) is 19.3 Å². The smallest absolute Gasteiger partial charge is 0.0797 e. The van der Waals surface area contributed by atoms with E-state index in [0.29, 0.717) is 17.8 Å². The molecule has 0 unspecified atom stereocenters. The SMILES string of the molecule is C=C[C@@](C)(O)CC[C@@H]1[C@@]2(C)CCCC(C)(C)[C@@H]2CC[C@@]1(C)O. The van der Waals surface area contributed by atoms with Crippen molar-refractivity contribution in [3.63, 3.8) is 0 Å². The van der Waals surface area contributed by atoms with E-state index in [-0.39, 0.29) is 11.3 Å². The van der Waals surface area contributed by atoms with Crippen molar-refractivity contribution in [1.82, 2.24) is 0 Å². The first-order valence-electron chi connectivity index (χ1n) is 9.03. The number of rotatable bonds is 4. The summed E-state index contributed by atoms with van der Waals surface area (Å²) in [5.74, 6) is 0.928. The Bertz CT molecular complexity index is 421. The summed E-state index contributed by atoms with van der Waals surface area (Å²) in [5, 5.41) is 21.4. The zero-order chi connectivity index (χ0) is 16.8. The van der Waals surface area contributed by atoms with Crippen LogP contribution < -0.4 is 0 Å². The molecule has 0 radical (unpaired) electrons. The Morgan fingerprint density at radius 3 is 2.41 bits per heavy atom. The third-order valence-electron chi connectivity index (χ3n) is 7.14. The van der Waals surface area contributed by atoms with Gasteiger partial charge in [0.1, 0.15) is 0 Å². The summed E-state index contributed by atoms with van der Waals surface area (Å²) in [5.41, 5.74) is -0.900. The highest BCUT2D eigenvalue weighted by Crippen LogP contribution is 2.63. The van der Waals surface area contributed by atoms with Crippen LogP contribution in [0.15, 0.2) is 12.7 Å². The zero-order valence-electron chi connectivity index (χ0n) is 15.3. The number of aliphatic hydroxyl groups is 2. The van der Waals surface area contributed by atoms with Gasteiger partial charge in [0.05, 0.1) is 11.2 Å². The molecule has 0 aromatic rings. The van der Waals surface area contributed by atoms with Crippen LogP contribution in [0.25, 0.3) is 0 Å². The summed E-state index contributed by atoms with van der Waals surface area (Å²) in [4.78, 5) is 0. The fraction of sp³-hybridized carbons (Fsp3) is 0.900. The van der Waals surface area contributed by atoms with E-state index in [9.17, 15) is 10.2 Å². The van der Waals surface area contributed by atoms with Crippen molar-refractivity contribution in [1.29, 1.82) is 0 Å². The molecule has 2 N–H and O–H groups in total. The fourth-order valence-electron chi connectivity index (χ4n) is 5.80. The molecular formula is C20H36O2. The van der Waals surface area contributed by atoms with Crippen molar-refractivity contribution >= 4 is 0 Å². The van der Waals surface area contributed by atoms with Gasteiger partial charge in [-0.15, -0.1) is 6.58 Å². The van der Waals surface area contributed by atoms with Gasteiger partial charge in [-0.3, -0.25) is 0 Å². The highest BCUT2D eigenvalue weighted by molar-refractivity contribution is 5.08. The van der Waals surface area contributed by atoms with Crippen LogP contribution >= 0.6 is 0 Å². The summed E-state index contributed by atoms with van der Waals surface area (Å²) in [6.45, 7) is 14.8. The van der Waals surface area contributed by atoms with Gasteiger partial charge in [-0.25, -0.2) is 0 Å². The molecule has 0 heterocycles. The number of hydrogen-bond donors (Lipinski definition) is 2. The van der Waals surface area contributed by atoms with Gasteiger partial charge in [0.15, 0.2) is 0 Å². The van der Waals surface area contributed by atoms with Gasteiger partial charge in [0, 0.05) is 0 Å². The Labute approximate surface area is 137 Å². The zero-order valence-corrected chi connectivity index (χ0v) is 15.3. The van der Waals surface area contributed by atoms with Gasteiger partial charge < -0.3 is 10.2 Å². The van der Waals surface area contributed by atoms with Gasteiger partial charge in [-0.1, -0.05) is 33.3 Å². The molecule has 0 spiro atoms. The van der Waals surface area contributed by atoms with Crippen LogP contribution in [-0.2, 0) is 0 Å². The average Bonchev–Trinajstić information content (AvgIpc) is 2.35. The number of fused-ring (bicyclic) bond motifs is 1. The first-order chi connectivity index (χ1) is 9.95. The van der Waals surface area contributed by atoms with Crippen molar-refractivity contribution in [2.24, 2.45) is 22.7 Å². The third kappa shape index (κ3) is 3.14. The largest absolute Gasteiger partial charge is 0.390 e. The summed E-state index contributed by atoms with van der Waals surface area (Å²) in [6.07, 6.45) is 8.96. The van der Waals surface area contributed by atoms with Gasteiger partial charge in [-0.05, 0) is 75.0 Å². The van der Waals surface area contributed by atoms with Crippen LogP contribution in [0.1, 0.15) is 79.6 Å². The summed E-state index contributed by atoms with van der Waals surface area (Å²) in [6, 6.07) is 0. The molecule has 0 amide bonds. The molecule has 2 saturated carbocycles. The Morgan fingerprint density at radius 1 is 1.18 bits per heavy atom. The second-order valence-electron chi connectivity index (χ2n) is 9.45. The van der Waals surface area contributed by atoms with Gasteiger partial charge in [0.25, 0.3) is 0 Å². The molecule has 2 aliphatic carbocycles. The highest BCUT2D eigenvalue weighted by Gasteiger charge is 2.57. The Hall–Kier alpha value is -0.340. The lowest BCUT2D eigenvalue weighted by molar-refractivity contribution is -0.171. The average molecular weight is 309 g/mol. The lowest BCUT2D eigenvalue weighted by Crippen LogP contribution is -2.57. The first-order valence-corrected chi connectivity index (χ1v) is 9.03. The van der Waals surface area contributed by atoms with Gasteiger partial charge >= 0.3 is 0 Å². The van der Waals surface area contributed by atoms with Crippen molar-refractivity contribution in [2.75, 3.05) is 0 Å². The lowest BCUT2D eigenvalue weighted by atomic mass is 9.45. The molecule has 0 aliphatic heterocycles. The summed E-state index contributed by atoms with van der Waals surface area (Å²) >= 11 is 0. The predicted molar refractivity (Wildman–Crippen MR) is 92.6 cm³/mol. The van der Waals surface area contributed by atoms with E-state index in [1.807, 2.05) is 13.8 Å². The standard InChI is InChI=1S/C20H36O2/c1-7-18(4,21)13-9-16-19(5)12-8-11-17(2,3)15(19)10-14-20(16,6)22/h7,15-16,21-22H,1,8-14H2,2-6H3/t15-,16+,18+,19-,20+/m0/s1. The third-order valence-corrected chi connectivity index (χ3v) is 7.14. The minimum Gasteiger partial charge on any atom is -0.390 e. The van der Waals surface area contributed by atoms with E-state index in [2.05, 4.69) is 27.4 Å². The molecule has 5 atom stereocenters. The molecule has 2 rings (SSSR count). The Balaban J connectivity index is 2.28. The minimum atomic E-state index is -0.830. The Kier molecular flexibility index (Phi) is 4.61. The quantitative estimate of drug-likeness (QED) is 0.739. The van der Waals surface area contributed by atoms with Crippen molar-refractivity contribution in [3.05, 3.63) is 12.7 Å². The van der Waals surface area contributed by atoms with Crippen molar-refractivity contribution in [3.8, 4) is 0 Å². The molecule has 128 valence electrons.